The van der Waals surface area contributed by atoms with E-state index in [1.165, 1.54) is 0 Å². The average molecular weight is 342 g/mol. The monoisotopic (exact) mass is 341 g/mol. The number of halogens is 1. The third kappa shape index (κ3) is 3.15. The van der Waals surface area contributed by atoms with Crippen LogP contribution in [0.2, 0.25) is 0 Å². The van der Waals surface area contributed by atoms with E-state index in [9.17, 15) is 9.90 Å². The van der Waals surface area contributed by atoms with Gasteiger partial charge in [-0.05, 0) is 52.9 Å². The van der Waals surface area contributed by atoms with Crippen molar-refractivity contribution < 1.29 is 14.6 Å². The van der Waals surface area contributed by atoms with Gasteiger partial charge in [0, 0.05) is 11.0 Å². The number of rotatable bonds is 4. The molecule has 0 bridgehead atoms. The number of ether oxygens (including phenoxy) is 1. The first kappa shape index (κ1) is 15.3. The Labute approximate surface area is 127 Å². The van der Waals surface area contributed by atoms with Gasteiger partial charge in [-0.2, -0.15) is 0 Å². The summed E-state index contributed by atoms with van der Waals surface area (Å²) in [6.45, 7) is 2.32. The van der Waals surface area contributed by atoms with Crippen molar-refractivity contribution in [2.45, 2.75) is 31.8 Å². The lowest BCUT2D eigenvalue weighted by molar-refractivity contribution is 0.0101. The minimum absolute atomic E-state index is 0.205. The topological polar surface area (TPSA) is 58.6 Å². The van der Waals surface area contributed by atoms with Crippen molar-refractivity contribution in [3.63, 3.8) is 0 Å². The van der Waals surface area contributed by atoms with Gasteiger partial charge in [0.15, 0.2) is 0 Å². The highest BCUT2D eigenvalue weighted by atomic mass is 79.9. The number of hydrogen-bond donors (Lipinski definition) is 2. The molecule has 20 heavy (non-hydrogen) atoms. The highest BCUT2D eigenvalue weighted by Gasteiger charge is 2.38. The van der Waals surface area contributed by atoms with Crippen molar-refractivity contribution in [2.24, 2.45) is 5.92 Å². The fourth-order valence-corrected chi connectivity index (χ4v) is 3.05. The Kier molecular flexibility index (Phi) is 4.70. The molecular formula is C15H20BrNO3. The highest BCUT2D eigenvalue weighted by molar-refractivity contribution is 9.10. The van der Waals surface area contributed by atoms with Gasteiger partial charge in [0.05, 0.1) is 18.3 Å². The van der Waals surface area contributed by atoms with Crippen molar-refractivity contribution in [1.29, 1.82) is 0 Å². The molecule has 0 spiro atoms. The second kappa shape index (κ2) is 6.14. The molecule has 0 heterocycles. The summed E-state index contributed by atoms with van der Waals surface area (Å²) in [5, 5.41) is 13.3. The van der Waals surface area contributed by atoms with Crippen LogP contribution in [0.5, 0.6) is 5.75 Å². The Morgan fingerprint density at radius 3 is 2.95 bits per heavy atom. The molecule has 4 nitrogen and oxygen atoms in total. The van der Waals surface area contributed by atoms with Crippen molar-refractivity contribution in [2.75, 3.05) is 13.7 Å². The molecule has 1 aromatic rings. The maximum absolute atomic E-state index is 12.2. The fraction of sp³-hybridized carbons (Fsp3) is 0.533. The van der Waals surface area contributed by atoms with Gasteiger partial charge in [-0.15, -0.1) is 0 Å². The Bertz CT molecular complexity index is 506. The van der Waals surface area contributed by atoms with Crippen LogP contribution in [0.15, 0.2) is 22.7 Å². The lowest BCUT2D eigenvalue weighted by atomic mass is 9.92. The van der Waals surface area contributed by atoms with E-state index in [0.717, 1.165) is 19.3 Å². The van der Waals surface area contributed by atoms with Crippen LogP contribution >= 0.6 is 15.9 Å². The van der Waals surface area contributed by atoms with Crippen molar-refractivity contribution >= 4 is 21.8 Å². The maximum atomic E-state index is 12.2. The van der Waals surface area contributed by atoms with Crippen LogP contribution in [0.3, 0.4) is 0 Å². The zero-order valence-corrected chi connectivity index (χ0v) is 13.4. The Balaban J connectivity index is 2.05. The zero-order chi connectivity index (χ0) is 14.8. The van der Waals surface area contributed by atoms with E-state index < -0.39 is 5.60 Å². The number of aliphatic hydroxyl groups is 1. The number of carbonyl (C=O) groups excluding carboxylic acids is 1. The molecule has 110 valence electrons. The molecule has 1 fully saturated rings. The van der Waals surface area contributed by atoms with Crippen molar-refractivity contribution in [3.8, 4) is 5.75 Å². The van der Waals surface area contributed by atoms with Gasteiger partial charge in [-0.25, -0.2) is 0 Å². The lowest BCUT2D eigenvalue weighted by Gasteiger charge is -2.28. The van der Waals surface area contributed by atoms with Crippen LogP contribution < -0.4 is 10.1 Å². The molecule has 1 aliphatic rings. The van der Waals surface area contributed by atoms with E-state index in [4.69, 9.17) is 4.74 Å². The predicted molar refractivity (Wildman–Crippen MR) is 81.0 cm³/mol. The molecule has 0 aliphatic heterocycles. The summed E-state index contributed by atoms with van der Waals surface area (Å²) < 4.78 is 5.84. The summed E-state index contributed by atoms with van der Waals surface area (Å²) in [7, 11) is 1.56. The number of hydrogen-bond acceptors (Lipinski definition) is 3. The van der Waals surface area contributed by atoms with Gasteiger partial charge in [0.2, 0.25) is 0 Å². The largest absolute Gasteiger partial charge is 0.497 e. The molecule has 0 aromatic heterocycles. The predicted octanol–water partition coefficient (Wildman–Crippen LogP) is 2.74. The molecule has 1 aromatic carbocycles. The number of nitrogens with one attached hydrogen (secondary N) is 1. The van der Waals surface area contributed by atoms with Crippen LogP contribution in [-0.2, 0) is 0 Å². The van der Waals surface area contributed by atoms with Gasteiger partial charge < -0.3 is 15.2 Å². The summed E-state index contributed by atoms with van der Waals surface area (Å²) in [5.41, 5.74) is -0.264. The SMILES string of the molecule is COc1ccc(Br)c(C(=O)NC[C@@]2(O)CCC[C@H]2C)c1. The second-order valence-corrected chi connectivity index (χ2v) is 6.28. The first-order valence-electron chi connectivity index (χ1n) is 6.80. The molecule has 1 saturated carbocycles. The quantitative estimate of drug-likeness (QED) is 0.885. The first-order valence-corrected chi connectivity index (χ1v) is 7.60. The van der Waals surface area contributed by atoms with E-state index in [0.29, 0.717) is 15.8 Å². The summed E-state index contributed by atoms with van der Waals surface area (Å²) in [6.07, 6.45) is 2.76. The Morgan fingerprint density at radius 1 is 1.60 bits per heavy atom. The minimum Gasteiger partial charge on any atom is -0.497 e. The minimum atomic E-state index is -0.777. The summed E-state index contributed by atoms with van der Waals surface area (Å²) in [5.74, 6) is 0.645. The van der Waals surface area contributed by atoms with Gasteiger partial charge in [0.25, 0.3) is 5.91 Å². The summed E-state index contributed by atoms with van der Waals surface area (Å²) in [6, 6.07) is 5.25. The molecule has 0 unspecified atom stereocenters. The van der Waals surface area contributed by atoms with E-state index in [1.54, 1.807) is 25.3 Å². The van der Waals surface area contributed by atoms with Gasteiger partial charge in [0.1, 0.15) is 5.75 Å². The standard InChI is InChI=1S/C15H20BrNO3/c1-10-4-3-7-15(10,19)9-17-14(18)12-8-11(20-2)5-6-13(12)16/h5-6,8,10,19H,3-4,7,9H2,1-2H3,(H,17,18)/t10-,15+/m1/s1. The normalized spacial score (nSPS) is 25.5. The maximum Gasteiger partial charge on any atom is 0.252 e. The van der Waals surface area contributed by atoms with Crippen LogP contribution in [0.4, 0.5) is 0 Å². The van der Waals surface area contributed by atoms with E-state index in [2.05, 4.69) is 21.2 Å². The molecule has 1 aliphatic carbocycles. The van der Waals surface area contributed by atoms with Crippen LogP contribution in [0.25, 0.3) is 0 Å². The molecule has 1 amide bonds. The highest BCUT2D eigenvalue weighted by Crippen LogP contribution is 2.34. The summed E-state index contributed by atoms with van der Waals surface area (Å²) >= 11 is 3.36. The Morgan fingerprint density at radius 2 is 2.35 bits per heavy atom. The number of benzene rings is 1. The van der Waals surface area contributed by atoms with Crippen LogP contribution in [-0.4, -0.2) is 30.3 Å². The van der Waals surface area contributed by atoms with E-state index in [-0.39, 0.29) is 18.4 Å². The van der Waals surface area contributed by atoms with Gasteiger partial charge in [-0.3, -0.25) is 4.79 Å². The van der Waals surface area contributed by atoms with Crippen molar-refractivity contribution in [3.05, 3.63) is 28.2 Å². The molecule has 2 atom stereocenters. The average Bonchev–Trinajstić information content (AvgIpc) is 2.77. The molecule has 5 heteroatoms. The number of carbonyl (C=O) groups is 1. The Hall–Kier alpha value is -1.07. The second-order valence-electron chi connectivity index (χ2n) is 5.43. The van der Waals surface area contributed by atoms with E-state index in [1.807, 2.05) is 6.92 Å². The smallest absolute Gasteiger partial charge is 0.252 e. The molecule has 2 rings (SSSR count). The zero-order valence-electron chi connectivity index (χ0n) is 11.8. The molecule has 2 N–H and O–H groups in total. The van der Waals surface area contributed by atoms with Crippen LogP contribution in [0, 0.1) is 5.92 Å². The molecule has 0 saturated heterocycles. The fourth-order valence-electron chi connectivity index (χ4n) is 2.63. The lowest BCUT2D eigenvalue weighted by Crippen LogP contribution is -2.44. The van der Waals surface area contributed by atoms with Crippen LogP contribution in [0.1, 0.15) is 36.5 Å². The third-order valence-corrected chi connectivity index (χ3v) is 4.83. The van der Waals surface area contributed by atoms with E-state index >= 15 is 0 Å². The first-order chi connectivity index (χ1) is 9.46. The molecular weight excluding hydrogens is 322 g/mol. The van der Waals surface area contributed by atoms with Gasteiger partial charge in [-0.1, -0.05) is 13.3 Å². The number of amides is 1. The third-order valence-electron chi connectivity index (χ3n) is 4.14. The summed E-state index contributed by atoms with van der Waals surface area (Å²) in [4.78, 5) is 12.2. The van der Waals surface area contributed by atoms with Gasteiger partial charge >= 0.3 is 0 Å². The van der Waals surface area contributed by atoms with Crippen molar-refractivity contribution in [1.82, 2.24) is 5.32 Å². The molecule has 0 radical (unpaired) electrons. The number of methoxy groups -OCH3 is 1.